The molecule has 25 heavy (non-hydrogen) atoms. The third-order valence-electron chi connectivity index (χ3n) is 4.47. The molecular formula is C19H24N4O2. The van der Waals surface area contributed by atoms with Crippen LogP contribution in [0.1, 0.15) is 25.3 Å². The van der Waals surface area contributed by atoms with Gasteiger partial charge in [-0.3, -0.25) is 9.78 Å². The zero-order chi connectivity index (χ0) is 17.5. The molecule has 1 aliphatic heterocycles. The zero-order valence-corrected chi connectivity index (χ0v) is 14.5. The minimum absolute atomic E-state index is 0.167. The quantitative estimate of drug-likeness (QED) is 0.876. The SMILES string of the molecule is CC(=O)N1CCC(CNc2cncc(OCc3ccccc3)n2)CC1. The maximum atomic E-state index is 11.4. The lowest BCUT2D eigenvalue weighted by Gasteiger charge is -2.31. The molecule has 6 nitrogen and oxygen atoms in total. The molecule has 0 unspecified atom stereocenters. The van der Waals surface area contributed by atoms with E-state index >= 15 is 0 Å². The number of nitrogens with zero attached hydrogens (tertiary/aromatic N) is 3. The molecule has 2 aromatic rings. The molecule has 1 aliphatic rings. The highest BCUT2D eigenvalue weighted by Crippen LogP contribution is 2.18. The minimum atomic E-state index is 0.167. The van der Waals surface area contributed by atoms with Crippen molar-refractivity contribution in [2.45, 2.75) is 26.4 Å². The fourth-order valence-corrected chi connectivity index (χ4v) is 2.94. The maximum absolute atomic E-state index is 11.4. The predicted octanol–water partition coefficient (Wildman–Crippen LogP) is 2.73. The highest BCUT2D eigenvalue weighted by atomic mass is 16.5. The first-order chi connectivity index (χ1) is 12.2. The van der Waals surface area contributed by atoms with Gasteiger partial charge >= 0.3 is 0 Å². The van der Waals surface area contributed by atoms with Gasteiger partial charge in [0.25, 0.3) is 0 Å². The van der Waals surface area contributed by atoms with Crippen molar-refractivity contribution in [3.63, 3.8) is 0 Å². The van der Waals surface area contributed by atoms with E-state index in [0.717, 1.165) is 43.9 Å². The van der Waals surface area contributed by atoms with Crippen LogP contribution >= 0.6 is 0 Å². The Morgan fingerprint density at radius 3 is 2.72 bits per heavy atom. The maximum Gasteiger partial charge on any atom is 0.234 e. The number of aromatic nitrogens is 2. The van der Waals surface area contributed by atoms with E-state index in [0.29, 0.717) is 18.4 Å². The molecule has 0 atom stereocenters. The summed E-state index contributed by atoms with van der Waals surface area (Å²) in [7, 11) is 0. The normalized spacial score (nSPS) is 15.0. The molecule has 0 spiro atoms. The Kier molecular flexibility index (Phi) is 5.82. The van der Waals surface area contributed by atoms with E-state index in [1.165, 1.54) is 0 Å². The largest absolute Gasteiger partial charge is 0.472 e. The molecule has 1 fully saturated rings. The number of likely N-dealkylation sites (tertiary alicyclic amines) is 1. The zero-order valence-electron chi connectivity index (χ0n) is 14.5. The second-order valence-electron chi connectivity index (χ2n) is 6.35. The van der Waals surface area contributed by atoms with Gasteiger partial charge in [0.2, 0.25) is 11.8 Å². The van der Waals surface area contributed by atoms with Crippen LogP contribution in [0.2, 0.25) is 0 Å². The van der Waals surface area contributed by atoms with Crippen molar-refractivity contribution < 1.29 is 9.53 Å². The van der Waals surface area contributed by atoms with Gasteiger partial charge in [-0.15, -0.1) is 0 Å². The molecule has 1 amide bonds. The average Bonchev–Trinajstić information content (AvgIpc) is 2.66. The van der Waals surface area contributed by atoms with Crippen LogP contribution in [0, 0.1) is 5.92 Å². The monoisotopic (exact) mass is 340 g/mol. The molecule has 1 saturated heterocycles. The number of nitrogens with one attached hydrogen (secondary N) is 1. The molecule has 3 rings (SSSR count). The summed E-state index contributed by atoms with van der Waals surface area (Å²) in [5.74, 6) is 1.95. The van der Waals surface area contributed by atoms with E-state index in [4.69, 9.17) is 4.74 Å². The molecule has 0 bridgehead atoms. The number of amides is 1. The van der Waals surface area contributed by atoms with Crippen molar-refractivity contribution in [1.29, 1.82) is 0 Å². The van der Waals surface area contributed by atoms with Gasteiger partial charge in [0.15, 0.2) is 0 Å². The van der Waals surface area contributed by atoms with E-state index in [-0.39, 0.29) is 5.91 Å². The number of rotatable bonds is 6. The van der Waals surface area contributed by atoms with Gasteiger partial charge in [-0.1, -0.05) is 30.3 Å². The molecule has 1 aromatic heterocycles. The molecule has 6 heteroatoms. The number of hydrogen-bond acceptors (Lipinski definition) is 5. The number of carbonyl (C=O) groups excluding carboxylic acids is 1. The van der Waals surface area contributed by atoms with Gasteiger partial charge in [0.1, 0.15) is 12.4 Å². The van der Waals surface area contributed by atoms with Crippen molar-refractivity contribution in [3.8, 4) is 5.88 Å². The molecule has 0 radical (unpaired) electrons. The van der Waals surface area contributed by atoms with E-state index < -0.39 is 0 Å². The van der Waals surface area contributed by atoms with Gasteiger partial charge in [0, 0.05) is 26.6 Å². The van der Waals surface area contributed by atoms with E-state index in [1.54, 1.807) is 19.3 Å². The molecular weight excluding hydrogens is 316 g/mol. The highest BCUT2D eigenvalue weighted by molar-refractivity contribution is 5.73. The lowest BCUT2D eigenvalue weighted by atomic mass is 9.97. The van der Waals surface area contributed by atoms with Crippen LogP contribution < -0.4 is 10.1 Å². The molecule has 1 N–H and O–H groups in total. The topological polar surface area (TPSA) is 67.4 Å². The van der Waals surface area contributed by atoms with Crippen molar-refractivity contribution in [2.24, 2.45) is 5.92 Å². The Hall–Kier alpha value is -2.63. The van der Waals surface area contributed by atoms with Crippen LogP contribution in [-0.2, 0) is 11.4 Å². The summed E-state index contributed by atoms with van der Waals surface area (Å²) in [4.78, 5) is 21.9. The first-order valence-corrected chi connectivity index (χ1v) is 8.69. The molecule has 2 heterocycles. The molecule has 1 aromatic carbocycles. The van der Waals surface area contributed by atoms with E-state index in [1.807, 2.05) is 35.2 Å². The van der Waals surface area contributed by atoms with Gasteiger partial charge in [0.05, 0.1) is 12.4 Å². The highest BCUT2D eigenvalue weighted by Gasteiger charge is 2.20. The smallest absolute Gasteiger partial charge is 0.234 e. The summed E-state index contributed by atoms with van der Waals surface area (Å²) >= 11 is 0. The van der Waals surface area contributed by atoms with Crippen molar-refractivity contribution in [1.82, 2.24) is 14.9 Å². The van der Waals surface area contributed by atoms with Gasteiger partial charge in [-0.2, -0.15) is 4.98 Å². The summed E-state index contributed by atoms with van der Waals surface area (Å²) in [6, 6.07) is 9.99. The van der Waals surface area contributed by atoms with Crippen LogP contribution in [0.25, 0.3) is 0 Å². The van der Waals surface area contributed by atoms with Crippen molar-refractivity contribution in [2.75, 3.05) is 25.0 Å². The standard InChI is InChI=1S/C19H24N4O2/c1-15(24)23-9-7-16(8-10-23)11-21-18-12-20-13-19(22-18)25-14-17-5-3-2-4-6-17/h2-6,12-13,16H,7-11,14H2,1H3,(H,21,22). The Balaban J connectivity index is 1.46. The van der Waals surface area contributed by atoms with Crippen LogP contribution in [0.4, 0.5) is 5.82 Å². The Labute approximate surface area is 148 Å². The second-order valence-corrected chi connectivity index (χ2v) is 6.35. The Bertz CT molecular complexity index is 685. The van der Waals surface area contributed by atoms with E-state index in [2.05, 4.69) is 15.3 Å². The first-order valence-electron chi connectivity index (χ1n) is 8.69. The van der Waals surface area contributed by atoms with Gasteiger partial charge in [-0.05, 0) is 24.3 Å². The summed E-state index contributed by atoms with van der Waals surface area (Å²) in [5, 5.41) is 3.34. The average molecular weight is 340 g/mol. The van der Waals surface area contributed by atoms with E-state index in [9.17, 15) is 4.79 Å². The van der Waals surface area contributed by atoms with Crippen LogP contribution in [0.15, 0.2) is 42.7 Å². The molecule has 132 valence electrons. The van der Waals surface area contributed by atoms with Crippen molar-refractivity contribution in [3.05, 3.63) is 48.3 Å². The number of hydrogen-bond donors (Lipinski definition) is 1. The Morgan fingerprint density at radius 1 is 1.24 bits per heavy atom. The number of benzene rings is 1. The van der Waals surface area contributed by atoms with Gasteiger partial charge < -0.3 is 15.0 Å². The predicted molar refractivity (Wildman–Crippen MR) is 96.3 cm³/mol. The molecule has 0 aliphatic carbocycles. The lowest BCUT2D eigenvalue weighted by molar-refractivity contribution is -0.130. The number of anilines is 1. The third-order valence-corrected chi connectivity index (χ3v) is 4.47. The first kappa shape index (κ1) is 17.2. The Morgan fingerprint density at radius 2 is 2.00 bits per heavy atom. The third kappa shape index (κ3) is 5.17. The fourth-order valence-electron chi connectivity index (χ4n) is 2.94. The lowest BCUT2D eigenvalue weighted by Crippen LogP contribution is -2.38. The fraction of sp³-hybridized carbons (Fsp3) is 0.421. The van der Waals surface area contributed by atoms with Crippen LogP contribution in [-0.4, -0.2) is 40.4 Å². The number of carbonyl (C=O) groups is 1. The summed E-state index contributed by atoms with van der Waals surface area (Å²) in [5.41, 5.74) is 1.10. The number of piperidine rings is 1. The minimum Gasteiger partial charge on any atom is -0.472 e. The number of ether oxygens (including phenoxy) is 1. The van der Waals surface area contributed by atoms with Crippen molar-refractivity contribution >= 4 is 11.7 Å². The molecule has 0 saturated carbocycles. The van der Waals surface area contributed by atoms with Crippen LogP contribution in [0.5, 0.6) is 5.88 Å². The summed E-state index contributed by atoms with van der Waals surface area (Å²) in [6.07, 6.45) is 5.37. The van der Waals surface area contributed by atoms with Gasteiger partial charge in [-0.25, -0.2) is 0 Å². The summed E-state index contributed by atoms with van der Waals surface area (Å²) < 4.78 is 5.71. The summed E-state index contributed by atoms with van der Waals surface area (Å²) in [6.45, 7) is 4.63. The van der Waals surface area contributed by atoms with Crippen LogP contribution in [0.3, 0.4) is 0 Å². The second kappa shape index (κ2) is 8.46.